The first-order valence-corrected chi connectivity index (χ1v) is 10.9. The van der Waals surface area contributed by atoms with Gasteiger partial charge in [0.05, 0.1) is 23.2 Å². The van der Waals surface area contributed by atoms with Crippen LogP contribution < -0.4 is 10.3 Å². The van der Waals surface area contributed by atoms with Gasteiger partial charge in [-0.15, -0.1) is 0 Å². The van der Waals surface area contributed by atoms with E-state index in [-0.39, 0.29) is 29.4 Å². The van der Waals surface area contributed by atoms with Gasteiger partial charge in [-0.25, -0.2) is 4.79 Å². The first-order valence-electron chi connectivity index (χ1n) is 10.9. The Labute approximate surface area is 180 Å². The highest BCUT2D eigenvalue weighted by Gasteiger charge is 2.30. The smallest absolute Gasteiger partial charge is 0.343 e. The van der Waals surface area contributed by atoms with Crippen LogP contribution in [0.4, 0.5) is 5.69 Å². The number of benzene rings is 2. The van der Waals surface area contributed by atoms with Crippen LogP contribution in [0.2, 0.25) is 0 Å². The van der Waals surface area contributed by atoms with Crippen LogP contribution >= 0.6 is 0 Å². The van der Waals surface area contributed by atoms with E-state index in [0.29, 0.717) is 11.9 Å². The number of anilines is 1. The van der Waals surface area contributed by atoms with Crippen molar-refractivity contribution in [1.82, 2.24) is 4.57 Å². The van der Waals surface area contributed by atoms with Gasteiger partial charge < -0.3 is 19.3 Å². The summed E-state index contributed by atoms with van der Waals surface area (Å²) in [5, 5.41) is 11.4. The zero-order valence-corrected chi connectivity index (χ0v) is 17.9. The molecule has 2 aromatic carbocycles. The molecule has 0 atom stereocenters. The Balaban J connectivity index is 1.69. The quantitative estimate of drug-likeness (QED) is 0.646. The second-order valence-electron chi connectivity index (χ2n) is 8.44. The third-order valence-corrected chi connectivity index (χ3v) is 6.39. The van der Waals surface area contributed by atoms with Crippen LogP contribution in [-0.4, -0.2) is 28.8 Å². The minimum Gasteiger partial charge on any atom is -0.506 e. The molecule has 1 aliphatic heterocycles. The van der Waals surface area contributed by atoms with Crippen LogP contribution in [0, 0.1) is 6.92 Å². The van der Waals surface area contributed by atoms with Crippen molar-refractivity contribution in [2.24, 2.45) is 0 Å². The third kappa shape index (κ3) is 3.26. The number of carbonyl (C=O) groups excluding carboxylic acids is 1. The molecule has 0 saturated heterocycles. The number of hydrogen-bond donors (Lipinski definition) is 1. The lowest BCUT2D eigenvalue weighted by molar-refractivity contribution is 0.0524. The van der Waals surface area contributed by atoms with E-state index in [1.807, 2.05) is 17.6 Å². The van der Waals surface area contributed by atoms with Crippen LogP contribution in [0.15, 0.2) is 41.3 Å². The number of ether oxygens (including phenoxy) is 1. The molecule has 31 heavy (non-hydrogen) atoms. The molecule has 0 unspecified atom stereocenters. The number of rotatable bonds is 4. The van der Waals surface area contributed by atoms with Gasteiger partial charge in [0, 0.05) is 30.9 Å². The number of carbonyl (C=O) groups is 1. The first kappa shape index (κ1) is 19.7. The predicted octanol–water partition coefficient (Wildman–Crippen LogP) is 4.09. The maximum atomic E-state index is 13.2. The maximum Gasteiger partial charge on any atom is 0.343 e. The maximum absolute atomic E-state index is 13.2. The number of hydrogen-bond acceptors (Lipinski definition) is 5. The lowest BCUT2D eigenvalue weighted by atomic mass is 9.97. The molecule has 0 amide bonds. The van der Waals surface area contributed by atoms with Crippen molar-refractivity contribution >= 4 is 22.6 Å². The van der Waals surface area contributed by atoms with E-state index >= 15 is 0 Å². The second kappa shape index (κ2) is 7.45. The number of nitrogens with zero attached hydrogens (tertiary/aromatic N) is 2. The average molecular weight is 418 g/mol. The summed E-state index contributed by atoms with van der Waals surface area (Å²) in [6.45, 7) is 5.40. The topological polar surface area (TPSA) is 71.8 Å². The molecule has 1 fully saturated rings. The van der Waals surface area contributed by atoms with Gasteiger partial charge in [0.2, 0.25) is 5.43 Å². The van der Waals surface area contributed by atoms with Crippen molar-refractivity contribution in [3.8, 4) is 5.75 Å². The predicted molar refractivity (Wildman–Crippen MR) is 120 cm³/mol. The van der Waals surface area contributed by atoms with Crippen molar-refractivity contribution in [3.05, 3.63) is 69.0 Å². The van der Waals surface area contributed by atoms with Crippen molar-refractivity contribution in [2.75, 3.05) is 18.1 Å². The fraction of sp³-hybridized carbons (Fsp3) is 0.360. The summed E-state index contributed by atoms with van der Waals surface area (Å²) >= 11 is 0. The van der Waals surface area contributed by atoms with E-state index in [1.54, 1.807) is 13.1 Å². The Morgan fingerprint density at radius 2 is 1.97 bits per heavy atom. The highest BCUT2D eigenvalue weighted by molar-refractivity contribution is 5.97. The molecule has 2 aliphatic rings. The van der Waals surface area contributed by atoms with Gasteiger partial charge in [0.1, 0.15) is 11.3 Å². The Morgan fingerprint density at radius 3 is 2.68 bits per heavy atom. The summed E-state index contributed by atoms with van der Waals surface area (Å²) in [6, 6.07) is 10.2. The van der Waals surface area contributed by atoms with Gasteiger partial charge in [-0.2, -0.15) is 0 Å². The Hall–Kier alpha value is -3.28. The van der Waals surface area contributed by atoms with Gasteiger partial charge in [0.25, 0.3) is 0 Å². The van der Waals surface area contributed by atoms with Crippen LogP contribution in [-0.2, 0) is 17.7 Å². The van der Waals surface area contributed by atoms with Gasteiger partial charge in [-0.05, 0) is 50.3 Å². The summed E-state index contributed by atoms with van der Waals surface area (Å²) < 4.78 is 7.14. The van der Waals surface area contributed by atoms with Crippen molar-refractivity contribution < 1.29 is 14.6 Å². The van der Waals surface area contributed by atoms with Gasteiger partial charge in [-0.3, -0.25) is 4.79 Å². The van der Waals surface area contributed by atoms with Gasteiger partial charge in [-0.1, -0.05) is 24.3 Å². The number of phenolic OH excluding ortho intramolecular Hbond substituents is 1. The molecule has 160 valence electrons. The van der Waals surface area contributed by atoms with E-state index in [2.05, 4.69) is 23.1 Å². The minimum absolute atomic E-state index is 0.0275. The Bertz CT molecular complexity index is 1260. The van der Waals surface area contributed by atoms with Crippen LogP contribution in [0.1, 0.15) is 52.9 Å². The summed E-state index contributed by atoms with van der Waals surface area (Å²) in [7, 11) is 0. The molecule has 2 heterocycles. The molecule has 1 N–H and O–H groups in total. The van der Waals surface area contributed by atoms with E-state index < -0.39 is 5.97 Å². The standard InChI is InChI=1S/C25H26N2O4/c1-3-31-25(30)20-14-27(18-8-9-18)22-15(2)23(21(28)12-19(22)24(20)29)26-11-10-16-6-4-5-7-17(16)13-26/h4-7,12,14,18,28H,3,8-11,13H2,1-2H3. The fourth-order valence-electron chi connectivity index (χ4n) is 4.77. The van der Waals surface area contributed by atoms with Crippen LogP contribution in [0.5, 0.6) is 5.75 Å². The molecule has 1 aromatic heterocycles. The summed E-state index contributed by atoms with van der Waals surface area (Å²) in [5.41, 5.74) is 4.66. The molecule has 6 nitrogen and oxygen atoms in total. The molecule has 0 spiro atoms. The molecular weight excluding hydrogens is 392 g/mol. The fourth-order valence-corrected chi connectivity index (χ4v) is 4.77. The van der Waals surface area contributed by atoms with Crippen LogP contribution in [0.3, 0.4) is 0 Å². The second-order valence-corrected chi connectivity index (χ2v) is 8.44. The van der Waals surface area contributed by atoms with E-state index in [0.717, 1.165) is 42.6 Å². The van der Waals surface area contributed by atoms with Crippen molar-refractivity contribution in [2.45, 2.75) is 45.7 Å². The number of phenols is 1. The largest absolute Gasteiger partial charge is 0.506 e. The number of fused-ring (bicyclic) bond motifs is 2. The lowest BCUT2D eigenvalue weighted by Crippen LogP contribution is -2.31. The average Bonchev–Trinajstić information content (AvgIpc) is 3.60. The molecule has 0 bridgehead atoms. The summed E-state index contributed by atoms with van der Waals surface area (Å²) in [4.78, 5) is 27.7. The summed E-state index contributed by atoms with van der Waals surface area (Å²) in [5.74, 6) is -0.539. The highest BCUT2D eigenvalue weighted by Crippen LogP contribution is 2.42. The van der Waals surface area contributed by atoms with E-state index in [1.165, 1.54) is 17.2 Å². The van der Waals surface area contributed by atoms with Crippen LogP contribution in [0.25, 0.3) is 10.9 Å². The minimum atomic E-state index is -0.613. The Morgan fingerprint density at radius 1 is 1.23 bits per heavy atom. The SMILES string of the molecule is CCOC(=O)c1cn(C2CC2)c2c(C)c(N3CCc4ccccc4C3)c(O)cc2c1=O. The normalized spacial score (nSPS) is 15.7. The number of aromatic nitrogens is 1. The summed E-state index contributed by atoms with van der Waals surface area (Å²) in [6.07, 6.45) is 4.57. The van der Waals surface area contributed by atoms with Gasteiger partial charge >= 0.3 is 5.97 Å². The third-order valence-electron chi connectivity index (χ3n) is 6.39. The van der Waals surface area contributed by atoms with Gasteiger partial charge in [0.15, 0.2) is 0 Å². The highest BCUT2D eigenvalue weighted by atomic mass is 16.5. The first-order chi connectivity index (χ1) is 15.0. The Kier molecular flexibility index (Phi) is 4.73. The molecule has 3 aromatic rings. The number of pyridine rings is 1. The molecule has 0 radical (unpaired) electrons. The molecule has 5 rings (SSSR count). The van der Waals surface area contributed by atoms with E-state index in [4.69, 9.17) is 4.74 Å². The van der Waals surface area contributed by atoms with Crippen molar-refractivity contribution in [3.63, 3.8) is 0 Å². The number of aryl methyl sites for hydroxylation is 1. The molecular formula is C25H26N2O4. The number of esters is 1. The zero-order chi connectivity index (χ0) is 21.7. The number of aromatic hydroxyl groups is 1. The van der Waals surface area contributed by atoms with Crippen molar-refractivity contribution in [1.29, 1.82) is 0 Å². The van der Waals surface area contributed by atoms with E-state index in [9.17, 15) is 14.7 Å². The molecule has 1 aliphatic carbocycles. The lowest BCUT2D eigenvalue weighted by Gasteiger charge is -2.33. The molecule has 1 saturated carbocycles. The zero-order valence-electron chi connectivity index (χ0n) is 17.9. The monoisotopic (exact) mass is 418 g/mol. The molecule has 6 heteroatoms.